The predicted molar refractivity (Wildman–Crippen MR) is 61.5 cm³/mol. The summed E-state index contributed by atoms with van der Waals surface area (Å²) in [6.07, 6.45) is 2.05. The van der Waals surface area contributed by atoms with Gasteiger partial charge in [0.1, 0.15) is 0 Å². The fraction of sp³-hybridized carbons (Fsp3) is 0.909. The summed E-state index contributed by atoms with van der Waals surface area (Å²) in [4.78, 5) is 12.0. The van der Waals surface area contributed by atoms with E-state index in [1.807, 2.05) is 13.8 Å². The summed E-state index contributed by atoms with van der Waals surface area (Å²) in [7, 11) is 0. The third kappa shape index (κ3) is 3.47. The molecular formula is C11H23N3O. The Bertz CT molecular complexity index is 228. The smallest absolute Gasteiger partial charge is 0.225 e. The van der Waals surface area contributed by atoms with Crippen LogP contribution in [0.3, 0.4) is 0 Å². The van der Waals surface area contributed by atoms with E-state index in [0.29, 0.717) is 6.54 Å². The molecule has 0 aliphatic carbocycles. The van der Waals surface area contributed by atoms with Crippen LogP contribution in [-0.2, 0) is 4.79 Å². The molecule has 2 atom stereocenters. The molecule has 4 nitrogen and oxygen atoms in total. The molecule has 0 spiro atoms. The Morgan fingerprint density at radius 2 is 2.27 bits per heavy atom. The molecule has 0 aromatic carbocycles. The second kappa shape index (κ2) is 4.94. The van der Waals surface area contributed by atoms with Gasteiger partial charge in [-0.25, -0.2) is 0 Å². The molecular weight excluding hydrogens is 190 g/mol. The first-order chi connectivity index (χ1) is 6.96. The highest BCUT2D eigenvalue weighted by Crippen LogP contribution is 2.17. The predicted octanol–water partition coefficient (Wildman–Crippen LogP) is 0.228. The number of nitrogens with one attached hydrogen (secondary N) is 2. The zero-order valence-electron chi connectivity index (χ0n) is 9.97. The molecule has 1 fully saturated rings. The van der Waals surface area contributed by atoms with E-state index in [2.05, 4.69) is 17.6 Å². The zero-order valence-corrected chi connectivity index (χ0v) is 9.97. The highest BCUT2D eigenvalue weighted by Gasteiger charge is 2.30. The van der Waals surface area contributed by atoms with Crippen LogP contribution in [0, 0.1) is 5.92 Å². The average Bonchev–Trinajstić information content (AvgIpc) is 2.17. The van der Waals surface area contributed by atoms with Crippen LogP contribution < -0.4 is 16.4 Å². The third-order valence-electron chi connectivity index (χ3n) is 3.07. The Balaban J connectivity index is 2.52. The van der Waals surface area contributed by atoms with E-state index >= 15 is 0 Å². The Labute approximate surface area is 92.0 Å². The number of piperidine rings is 1. The lowest BCUT2D eigenvalue weighted by molar-refractivity contribution is -0.128. The van der Waals surface area contributed by atoms with Crippen LogP contribution in [0.25, 0.3) is 0 Å². The molecule has 0 saturated carbocycles. The van der Waals surface area contributed by atoms with Gasteiger partial charge < -0.3 is 16.4 Å². The lowest BCUT2D eigenvalue weighted by Gasteiger charge is -2.32. The van der Waals surface area contributed by atoms with Crippen LogP contribution in [0.1, 0.15) is 33.6 Å². The van der Waals surface area contributed by atoms with Crippen molar-refractivity contribution in [1.29, 1.82) is 0 Å². The molecule has 0 aromatic rings. The molecule has 1 rings (SSSR count). The average molecular weight is 213 g/mol. The minimum Gasteiger partial charge on any atom is -0.350 e. The van der Waals surface area contributed by atoms with E-state index < -0.39 is 0 Å². The first kappa shape index (κ1) is 12.5. The van der Waals surface area contributed by atoms with Crippen molar-refractivity contribution in [3.05, 3.63) is 0 Å². The Kier molecular flexibility index (Phi) is 4.11. The van der Waals surface area contributed by atoms with Gasteiger partial charge in [0.15, 0.2) is 0 Å². The number of amides is 1. The largest absolute Gasteiger partial charge is 0.350 e. The summed E-state index contributed by atoms with van der Waals surface area (Å²) >= 11 is 0. The van der Waals surface area contributed by atoms with Gasteiger partial charge in [0.05, 0.1) is 5.92 Å². The van der Waals surface area contributed by atoms with Gasteiger partial charge in [-0.1, -0.05) is 0 Å². The maximum absolute atomic E-state index is 12.0. The van der Waals surface area contributed by atoms with Crippen molar-refractivity contribution >= 4 is 5.91 Å². The maximum Gasteiger partial charge on any atom is 0.225 e. The van der Waals surface area contributed by atoms with Crippen molar-refractivity contribution < 1.29 is 4.79 Å². The maximum atomic E-state index is 12.0. The molecule has 0 radical (unpaired) electrons. The Hall–Kier alpha value is -0.610. The molecule has 0 aromatic heterocycles. The summed E-state index contributed by atoms with van der Waals surface area (Å²) in [6.45, 7) is 7.45. The molecule has 88 valence electrons. The van der Waals surface area contributed by atoms with E-state index in [1.165, 1.54) is 0 Å². The second-order valence-electron chi connectivity index (χ2n) is 5.07. The van der Waals surface area contributed by atoms with E-state index in [4.69, 9.17) is 5.73 Å². The fourth-order valence-corrected chi connectivity index (χ4v) is 1.88. The molecule has 1 aliphatic rings. The molecule has 4 N–H and O–H groups in total. The number of hydrogen-bond donors (Lipinski definition) is 3. The quantitative estimate of drug-likeness (QED) is 0.628. The second-order valence-corrected chi connectivity index (χ2v) is 5.07. The van der Waals surface area contributed by atoms with Crippen LogP contribution >= 0.6 is 0 Å². The number of nitrogens with two attached hydrogens (primary N) is 1. The molecule has 15 heavy (non-hydrogen) atoms. The fourth-order valence-electron chi connectivity index (χ4n) is 1.88. The van der Waals surface area contributed by atoms with Crippen LogP contribution in [0.5, 0.6) is 0 Å². The van der Waals surface area contributed by atoms with Gasteiger partial charge in [0.2, 0.25) is 5.91 Å². The van der Waals surface area contributed by atoms with Gasteiger partial charge in [-0.2, -0.15) is 0 Å². The molecule has 1 saturated heterocycles. The summed E-state index contributed by atoms with van der Waals surface area (Å²) < 4.78 is 0. The normalized spacial score (nSPS) is 27.5. The third-order valence-corrected chi connectivity index (χ3v) is 3.07. The number of carbonyl (C=O) groups is 1. The van der Waals surface area contributed by atoms with Gasteiger partial charge in [-0.3, -0.25) is 4.79 Å². The molecule has 1 heterocycles. The molecule has 0 unspecified atom stereocenters. The lowest BCUT2D eigenvalue weighted by Crippen LogP contribution is -2.54. The first-order valence-electron chi connectivity index (χ1n) is 5.72. The number of hydrogen-bond acceptors (Lipinski definition) is 3. The van der Waals surface area contributed by atoms with Crippen LogP contribution in [0.4, 0.5) is 0 Å². The van der Waals surface area contributed by atoms with Crippen LogP contribution in [-0.4, -0.2) is 30.6 Å². The van der Waals surface area contributed by atoms with Gasteiger partial charge in [-0.05, 0) is 40.2 Å². The van der Waals surface area contributed by atoms with Gasteiger partial charge >= 0.3 is 0 Å². The Morgan fingerprint density at radius 1 is 1.60 bits per heavy atom. The van der Waals surface area contributed by atoms with E-state index in [9.17, 15) is 4.79 Å². The highest BCUT2D eigenvalue weighted by atomic mass is 16.2. The standard InChI is InChI=1S/C11H23N3O/c1-8-9(5-4-6-13-8)10(15)14-11(2,3)7-12/h8-9,13H,4-7,12H2,1-3H3,(H,14,15)/t8-,9-/m1/s1. The molecule has 0 bridgehead atoms. The topological polar surface area (TPSA) is 67.2 Å². The van der Waals surface area contributed by atoms with Crippen molar-refractivity contribution in [2.45, 2.75) is 45.2 Å². The van der Waals surface area contributed by atoms with E-state index in [-0.39, 0.29) is 23.4 Å². The van der Waals surface area contributed by atoms with Crippen molar-refractivity contribution in [2.24, 2.45) is 11.7 Å². The molecule has 4 heteroatoms. The SMILES string of the molecule is C[C@H]1NCCC[C@H]1C(=O)NC(C)(C)CN. The molecule has 1 aliphatic heterocycles. The van der Waals surface area contributed by atoms with Crippen molar-refractivity contribution in [2.75, 3.05) is 13.1 Å². The van der Waals surface area contributed by atoms with Gasteiger partial charge in [-0.15, -0.1) is 0 Å². The highest BCUT2D eigenvalue weighted by molar-refractivity contribution is 5.80. The van der Waals surface area contributed by atoms with Crippen LogP contribution in [0.2, 0.25) is 0 Å². The Morgan fingerprint density at radius 3 is 2.80 bits per heavy atom. The van der Waals surface area contributed by atoms with Crippen molar-refractivity contribution in [1.82, 2.24) is 10.6 Å². The number of rotatable bonds is 3. The lowest BCUT2D eigenvalue weighted by atomic mass is 9.90. The molecule has 1 amide bonds. The van der Waals surface area contributed by atoms with Crippen molar-refractivity contribution in [3.8, 4) is 0 Å². The minimum absolute atomic E-state index is 0.0876. The number of carbonyl (C=O) groups excluding carboxylic acids is 1. The monoisotopic (exact) mass is 213 g/mol. The summed E-state index contributed by atoms with van der Waals surface area (Å²) in [5.41, 5.74) is 5.29. The first-order valence-corrected chi connectivity index (χ1v) is 5.72. The minimum atomic E-state index is -0.297. The van der Waals surface area contributed by atoms with Crippen LogP contribution in [0.15, 0.2) is 0 Å². The zero-order chi connectivity index (χ0) is 11.5. The van der Waals surface area contributed by atoms with Crippen molar-refractivity contribution in [3.63, 3.8) is 0 Å². The van der Waals surface area contributed by atoms with E-state index in [0.717, 1.165) is 19.4 Å². The summed E-state index contributed by atoms with van der Waals surface area (Å²) in [5.74, 6) is 0.217. The summed E-state index contributed by atoms with van der Waals surface area (Å²) in [5, 5.41) is 6.33. The van der Waals surface area contributed by atoms with Gasteiger partial charge in [0.25, 0.3) is 0 Å². The van der Waals surface area contributed by atoms with Gasteiger partial charge in [0, 0.05) is 18.1 Å². The summed E-state index contributed by atoms with van der Waals surface area (Å²) in [6, 6.07) is 0.271. The van der Waals surface area contributed by atoms with E-state index in [1.54, 1.807) is 0 Å².